The molecule has 0 radical (unpaired) electrons. The van der Waals surface area contributed by atoms with E-state index in [1.807, 2.05) is 20.8 Å². The van der Waals surface area contributed by atoms with Crippen molar-refractivity contribution in [1.29, 1.82) is 0 Å². The first-order valence-corrected chi connectivity index (χ1v) is 6.14. The Kier molecular flexibility index (Phi) is 2.92. The molecule has 0 aromatic rings. The second-order valence-electron chi connectivity index (χ2n) is 6.08. The lowest BCUT2D eigenvalue weighted by molar-refractivity contribution is -0.167. The van der Waals surface area contributed by atoms with Crippen LogP contribution < -0.4 is 0 Å². The van der Waals surface area contributed by atoms with E-state index in [9.17, 15) is 9.59 Å². The fraction of sp³-hybridized carbons (Fsp3) is 0.846. The van der Waals surface area contributed by atoms with Crippen molar-refractivity contribution >= 4 is 11.9 Å². The predicted molar refractivity (Wildman–Crippen MR) is 61.1 cm³/mol. The van der Waals surface area contributed by atoms with Crippen LogP contribution >= 0.6 is 0 Å². The molecule has 4 nitrogen and oxygen atoms in total. The average Bonchev–Trinajstić information content (AvgIpc) is 2.86. The van der Waals surface area contributed by atoms with E-state index in [1.54, 1.807) is 0 Å². The molecular weight excluding hydrogens is 220 g/mol. The molecule has 17 heavy (non-hydrogen) atoms. The summed E-state index contributed by atoms with van der Waals surface area (Å²) in [5, 5.41) is 0. The van der Waals surface area contributed by atoms with Gasteiger partial charge in [0.05, 0.1) is 18.9 Å². The number of ether oxygens (including phenoxy) is 2. The maximum Gasteiger partial charge on any atom is 0.310 e. The van der Waals surface area contributed by atoms with Crippen LogP contribution in [0.3, 0.4) is 0 Å². The van der Waals surface area contributed by atoms with Gasteiger partial charge in [-0.05, 0) is 45.4 Å². The summed E-state index contributed by atoms with van der Waals surface area (Å²) < 4.78 is 10.2. The van der Waals surface area contributed by atoms with Crippen molar-refractivity contribution in [3.8, 4) is 0 Å². The van der Waals surface area contributed by atoms with E-state index in [4.69, 9.17) is 9.47 Å². The number of esters is 2. The molecule has 0 spiro atoms. The van der Waals surface area contributed by atoms with Gasteiger partial charge in [-0.1, -0.05) is 0 Å². The van der Waals surface area contributed by atoms with E-state index in [1.165, 1.54) is 7.11 Å². The molecule has 2 fully saturated rings. The second kappa shape index (κ2) is 4.00. The van der Waals surface area contributed by atoms with E-state index in [-0.39, 0.29) is 23.8 Å². The van der Waals surface area contributed by atoms with E-state index in [2.05, 4.69) is 0 Å². The van der Waals surface area contributed by atoms with Crippen molar-refractivity contribution in [3.63, 3.8) is 0 Å². The van der Waals surface area contributed by atoms with Crippen LogP contribution in [0.2, 0.25) is 0 Å². The Bertz CT molecular complexity index is 342. The van der Waals surface area contributed by atoms with Gasteiger partial charge in [0.25, 0.3) is 0 Å². The molecule has 0 heterocycles. The molecule has 0 N–H and O–H groups in total. The third-order valence-electron chi connectivity index (χ3n) is 3.61. The minimum atomic E-state index is -0.496. The van der Waals surface area contributed by atoms with Crippen molar-refractivity contribution in [3.05, 3.63) is 0 Å². The van der Waals surface area contributed by atoms with Crippen molar-refractivity contribution in [2.24, 2.45) is 23.7 Å². The van der Waals surface area contributed by atoms with Crippen molar-refractivity contribution in [2.45, 2.75) is 39.2 Å². The Morgan fingerprint density at radius 2 is 1.76 bits per heavy atom. The molecule has 0 amide bonds. The third-order valence-corrected chi connectivity index (χ3v) is 3.61. The highest BCUT2D eigenvalue weighted by molar-refractivity contribution is 5.84. The summed E-state index contributed by atoms with van der Waals surface area (Å²) in [6.45, 7) is 5.52. The molecule has 4 atom stereocenters. The van der Waals surface area contributed by atoms with Gasteiger partial charge in [0.1, 0.15) is 5.60 Å². The van der Waals surface area contributed by atoms with Crippen molar-refractivity contribution < 1.29 is 19.1 Å². The highest BCUT2D eigenvalue weighted by Crippen LogP contribution is 2.58. The number of hydrogen-bond donors (Lipinski definition) is 0. The highest BCUT2D eigenvalue weighted by atomic mass is 16.6. The molecule has 2 unspecified atom stereocenters. The SMILES string of the molecule is COC(=O)C1C(C(=O)OC(C)(C)C)C[C@@H]2C[C@H]12. The van der Waals surface area contributed by atoms with Crippen LogP contribution in [-0.2, 0) is 19.1 Å². The predicted octanol–water partition coefficient (Wildman–Crippen LogP) is 1.77. The van der Waals surface area contributed by atoms with Crippen LogP contribution in [0.25, 0.3) is 0 Å². The summed E-state index contributed by atoms with van der Waals surface area (Å²) in [4.78, 5) is 23.7. The normalized spacial score (nSPS) is 35.1. The monoisotopic (exact) mass is 240 g/mol. The van der Waals surface area contributed by atoms with Crippen molar-refractivity contribution in [1.82, 2.24) is 0 Å². The molecule has 2 aliphatic carbocycles. The van der Waals surface area contributed by atoms with E-state index >= 15 is 0 Å². The lowest BCUT2D eigenvalue weighted by Crippen LogP contribution is -2.34. The topological polar surface area (TPSA) is 52.6 Å². The summed E-state index contributed by atoms with van der Waals surface area (Å²) in [6.07, 6.45) is 1.83. The van der Waals surface area contributed by atoms with E-state index in [0.29, 0.717) is 11.8 Å². The first-order valence-electron chi connectivity index (χ1n) is 6.14. The summed E-state index contributed by atoms with van der Waals surface area (Å²) in [7, 11) is 1.38. The van der Waals surface area contributed by atoms with E-state index in [0.717, 1.165) is 12.8 Å². The van der Waals surface area contributed by atoms with Gasteiger partial charge in [0.2, 0.25) is 0 Å². The fourth-order valence-corrected chi connectivity index (χ4v) is 2.85. The quantitative estimate of drug-likeness (QED) is 0.690. The Hall–Kier alpha value is -1.06. The molecule has 2 saturated carbocycles. The van der Waals surface area contributed by atoms with Gasteiger partial charge in [0, 0.05) is 0 Å². The van der Waals surface area contributed by atoms with Gasteiger partial charge >= 0.3 is 11.9 Å². The lowest BCUT2D eigenvalue weighted by Gasteiger charge is -2.25. The molecule has 0 aliphatic heterocycles. The number of carbonyl (C=O) groups is 2. The molecule has 0 bridgehead atoms. The summed E-state index contributed by atoms with van der Waals surface area (Å²) >= 11 is 0. The van der Waals surface area contributed by atoms with Gasteiger partial charge in [-0.25, -0.2) is 0 Å². The second-order valence-corrected chi connectivity index (χ2v) is 6.08. The number of hydrogen-bond acceptors (Lipinski definition) is 4. The van der Waals surface area contributed by atoms with Crippen LogP contribution in [0.1, 0.15) is 33.6 Å². The molecule has 2 rings (SSSR count). The molecule has 0 aromatic carbocycles. The highest BCUT2D eigenvalue weighted by Gasteiger charge is 2.59. The van der Waals surface area contributed by atoms with Gasteiger partial charge in [0.15, 0.2) is 0 Å². The maximum atomic E-state index is 12.0. The van der Waals surface area contributed by atoms with Gasteiger partial charge in [-0.15, -0.1) is 0 Å². The summed E-state index contributed by atoms with van der Waals surface area (Å²) in [6, 6.07) is 0. The Morgan fingerprint density at radius 1 is 1.12 bits per heavy atom. The van der Waals surface area contributed by atoms with Gasteiger partial charge in [-0.2, -0.15) is 0 Å². The maximum absolute atomic E-state index is 12.0. The molecule has 0 saturated heterocycles. The molecular formula is C13H20O4. The molecule has 0 aromatic heterocycles. The third kappa shape index (κ3) is 2.45. The van der Waals surface area contributed by atoms with Crippen LogP contribution in [0.15, 0.2) is 0 Å². The Labute approximate surface area is 102 Å². The zero-order valence-corrected chi connectivity index (χ0v) is 10.9. The largest absolute Gasteiger partial charge is 0.469 e. The van der Waals surface area contributed by atoms with Gasteiger partial charge in [-0.3, -0.25) is 9.59 Å². The smallest absolute Gasteiger partial charge is 0.310 e. The fourth-order valence-electron chi connectivity index (χ4n) is 2.85. The summed E-state index contributed by atoms with van der Waals surface area (Å²) in [5.74, 6) is -0.215. The van der Waals surface area contributed by atoms with Crippen LogP contribution in [0.5, 0.6) is 0 Å². The summed E-state index contributed by atoms with van der Waals surface area (Å²) in [5.41, 5.74) is -0.496. The van der Waals surface area contributed by atoms with Gasteiger partial charge < -0.3 is 9.47 Å². The minimum absolute atomic E-state index is 0.250. The molecule has 2 aliphatic rings. The zero-order valence-electron chi connectivity index (χ0n) is 10.9. The molecule has 96 valence electrons. The molecule has 4 heteroatoms. The lowest BCUT2D eigenvalue weighted by atomic mass is 9.91. The number of carbonyl (C=O) groups excluding carboxylic acids is 2. The van der Waals surface area contributed by atoms with Crippen LogP contribution in [-0.4, -0.2) is 24.6 Å². The first kappa shape index (κ1) is 12.4. The number of fused-ring (bicyclic) bond motifs is 1. The zero-order chi connectivity index (χ0) is 12.8. The standard InChI is InChI=1S/C13H20O4/c1-13(2,3)17-11(14)9-6-7-5-8(7)10(9)12(15)16-4/h7-10H,5-6H2,1-4H3/t7-,8-,9?,10?/m0/s1. The number of rotatable bonds is 2. The van der Waals surface area contributed by atoms with Crippen LogP contribution in [0.4, 0.5) is 0 Å². The van der Waals surface area contributed by atoms with Crippen molar-refractivity contribution in [2.75, 3.05) is 7.11 Å². The van der Waals surface area contributed by atoms with E-state index < -0.39 is 5.60 Å². The first-order chi connectivity index (χ1) is 7.83. The van der Waals surface area contributed by atoms with Crippen LogP contribution in [0, 0.1) is 23.7 Å². The Morgan fingerprint density at radius 3 is 2.29 bits per heavy atom. The Balaban J connectivity index is 2.05. The number of methoxy groups -OCH3 is 1. The minimum Gasteiger partial charge on any atom is -0.469 e. The average molecular weight is 240 g/mol.